The lowest BCUT2D eigenvalue weighted by atomic mass is 10.1. The third kappa shape index (κ3) is 10.3. The summed E-state index contributed by atoms with van der Waals surface area (Å²) >= 11 is 0. The summed E-state index contributed by atoms with van der Waals surface area (Å²) in [5.41, 5.74) is 2.07. The molecule has 0 spiro atoms. The van der Waals surface area contributed by atoms with Crippen LogP contribution in [0.5, 0.6) is 0 Å². The van der Waals surface area contributed by atoms with E-state index in [1.165, 1.54) is 63.5 Å². The molecule has 1 aromatic heterocycles. The van der Waals surface area contributed by atoms with Crippen molar-refractivity contribution in [1.82, 2.24) is 15.5 Å². The molecule has 1 heterocycles. The molecule has 1 N–H and O–H groups in total. The number of unbranched alkanes of at least 4 members (excludes halogenated alkanes) is 8. The van der Waals surface area contributed by atoms with E-state index in [0.717, 1.165) is 47.5 Å². The fourth-order valence-electron chi connectivity index (χ4n) is 4.04. The zero-order chi connectivity index (χ0) is 24.9. The maximum Gasteiger partial charge on any atom is 0.416 e. The molecule has 0 radical (unpaired) electrons. The van der Waals surface area contributed by atoms with Crippen molar-refractivity contribution >= 4 is 12.4 Å². The molecule has 0 aliphatic rings. The second-order valence-corrected chi connectivity index (χ2v) is 9.09. The number of aromatic nitrogens is 2. The van der Waals surface area contributed by atoms with Gasteiger partial charge in [-0.1, -0.05) is 87.7 Å². The maximum atomic E-state index is 12.7. The minimum atomic E-state index is -4.31. The second kappa shape index (κ2) is 15.7. The molecule has 8 heteroatoms. The fraction of sp³-hybridized carbons (Fsp3) is 0.500. The molecule has 0 amide bonds. The Kier molecular flexibility index (Phi) is 13.0. The number of benzene rings is 2. The van der Waals surface area contributed by atoms with E-state index in [2.05, 4.69) is 22.4 Å². The number of nitrogens with zero attached hydrogens (tertiary/aromatic N) is 2. The van der Waals surface area contributed by atoms with Gasteiger partial charge in [0.15, 0.2) is 5.82 Å². The number of rotatable bonds is 15. The summed E-state index contributed by atoms with van der Waals surface area (Å²) in [5.74, 6) is 1.26. The van der Waals surface area contributed by atoms with Gasteiger partial charge in [0.25, 0.3) is 5.89 Å². The largest absolute Gasteiger partial charge is 0.416 e. The van der Waals surface area contributed by atoms with E-state index < -0.39 is 11.7 Å². The predicted octanol–water partition coefficient (Wildman–Crippen LogP) is 8.54. The summed E-state index contributed by atoms with van der Waals surface area (Å²) in [7, 11) is 0. The minimum absolute atomic E-state index is 0. The molecule has 0 atom stereocenters. The first-order valence-corrected chi connectivity index (χ1v) is 12.7. The molecular formula is C28H37ClF3N3O. The average Bonchev–Trinajstić information content (AvgIpc) is 3.32. The van der Waals surface area contributed by atoms with Gasteiger partial charge < -0.3 is 9.84 Å². The Morgan fingerprint density at radius 3 is 2.11 bits per heavy atom. The molecular weight excluding hydrogens is 487 g/mol. The van der Waals surface area contributed by atoms with Gasteiger partial charge in [0.2, 0.25) is 0 Å². The summed E-state index contributed by atoms with van der Waals surface area (Å²) in [6.07, 6.45) is 8.04. The topological polar surface area (TPSA) is 51.0 Å². The van der Waals surface area contributed by atoms with Crippen LogP contribution in [0, 0.1) is 0 Å². The molecule has 0 unspecified atom stereocenters. The lowest BCUT2D eigenvalue weighted by Gasteiger charge is -2.09. The van der Waals surface area contributed by atoms with Crippen molar-refractivity contribution in [1.29, 1.82) is 0 Å². The van der Waals surface area contributed by atoms with Gasteiger partial charge in [0.1, 0.15) is 0 Å². The van der Waals surface area contributed by atoms with E-state index >= 15 is 0 Å². The number of hydrogen-bond donors (Lipinski definition) is 1. The van der Waals surface area contributed by atoms with Crippen LogP contribution in [0.4, 0.5) is 13.2 Å². The lowest BCUT2D eigenvalue weighted by Crippen LogP contribution is -2.13. The van der Waals surface area contributed by atoms with Crippen molar-refractivity contribution in [2.24, 2.45) is 0 Å². The number of nitrogens with one attached hydrogen (secondary N) is 1. The van der Waals surface area contributed by atoms with E-state index in [9.17, 15) is 13.2 Å². The predicted molar refractivity (Wildman–Crippen MR) is 140 cm³/mol. The highest BCUT2D eigenvalue weighted by Gasteiger charge is 2.29. The number of aryl methyl sites for hydroxylation is 1. The highest BCUT2D eigenvalue weighted by Crippen LogP contribution is 2.29. The monoisotopic (exact) mass is 523 g/mol. The van der Waals surface area contributed by atoms with Crippen LogP contribution in [-0.2, 0) is 25.7 Å². The van der Waals surface area contributed by atoms with Gasteiger partial charge in [-0.25, -0.2) is 0 Å². The second-order valence-electron chi connectivity index (χ2n) is 9.09. The normalized spacial score (nSPS) is 11.4. The summed E-state index contributed by atoms with van der Waals surface area (Å²) in [6, 6.07) is 13.1. The Labute approximate surface area is 218 Å². The zero-order valence-electron chi connectivity index (χ0n) is 20.9. The molecule has 0 saturated carbocycles. The molecule has 0 bridgehead atoms. The molecule has 0 saturated heterocycles. The van der Waals surface area contributed by atoms with Crippen LogP contribution in [-0.4, -0.2) is 10.1 Å². The van der Waals surface area contributed by atoms with Gasteiger partial charge in [-0.15, -0.1) is 12.4 Å². The number of hydrogen-bond acceptors (Lipinski definition) is 4. The molecule has 198 valence electrons. The van der Waals surface area contributed by atoms with Gasteiger partial charge in [0, 0.05) is 25.1 Å². The van der Waals surface area contributed by atoms with Gasteiger partial charge in [0.05, 0.1) is 5.56 Å². The van der Waals surface area contributed by atoms with E-state index in [-0.39, 0.29) is 12.4 Å². The Bertz CT molecular complexity index is 1010. The molecule has 3 rings (SSSR count). The van der Waals surface area contributed by atoms with Crippen LogP contribution in [0.25, 0.3) is 11.5 Å². The minimum Gasteiger partial charge on any atom is -0.334 e. The van der Waals surface area contributed by atoms with Crippen LogP contribution in [0.15, 0.2) is 53.1 Å². The highest BCUT2D eigenvalue weighted by molar-refractivity contribution is 5.85. The summed E-state index contributed by atoms with van der Waals surface area (Å²) in [5, 5.41) is 7.41. The maximum absolute atomic E-state index is 12.7. The molecule has 2 aromatic carbocycles. The quantitative estimate of drug-likeness (QED) is 0.203. The fourth-order valence-corrected chi connectivity index (χ4v) is 4.04. The van der Waals surface area contributed by atoms with Crippen molar-refractivity contribution in [3.63, 3.8) is 0 Å². The SMILES string of the molecule is CCCCCCCCCCCc1noc(-c2cccc(CNCc3ccc(C(F)(F)F)cc3)c2)n1.Cl. The van der Waals surface area contributed by atoms with Crippen molar-refractivity contribution in [2.75, 3.05) is 0 Å². The van der Waals surface area contributed by atoms with E-state index in [4.69, 9.17) is 4.52 Å². The Morgan fingerprint density at radius 2 is 1.44 bits per heavy atom. The van der Waals surface area contributed by atoms with Crippen LogP contribution in [0.3, 0.4) is 0 Å². The van der Waals surface area contributed by atoms with Gasteiger partial charge in [-0.05, 0) is 41.8 Å². The third-order valence-electron chi connectivity index (χ3n) is 6.09. The molecule has 36 heavy (non-hydrogen) atoms. The molecule has 0 fully saturated rings. The van der Waals surface area contributed by atoms with Crippen molar-refractivity contribution in [3.8, 4) is 11.5 Å². The van der Waals surface area contributed by atoms with Crippen LogP contribution in [0.2, 0.25) is 0 Å². The summed E-state index contributed by atoms with van der Waals surface area (Å²) in [6.45, 7) is 3.30. The standard InChI is InChI=1S/C28H36F3N3O.ClH/c1-2-3-4-5-6-7-8-9-10-14-26-33-27(35-34-26)24-13-11-12-23(19-24)21-32-20-22-15-17-25(18-16-22)28(29,30)31;/h11-13,15-19,32H,2-10,14,20-21H2,1H3;1H. The molecule has 3 aromatic rings. The summed E-state index contributed by atoms with van der Waals surface area (Å²) < 4.78 is 43.5. The van der Waals surface area contributed by atoms with E-state index in [0.29, 0.717) is 19.0 Å². The molecule has 0 aliphatic carbocycles. The number of alkyl halides is 3. The third-order valence-corrected chi connectivity index (χ3v) is 6.09. The van der Waals surface area contributed by atoms with Crippen LogP contribution in [0.1, 0.15) is 87.2 Å². The van der Waals surface area contributed by atoms with E-state index in [1.807, 2.05) is 24.3 Å². The summed E-state index contributed by atoms with van der Waals surface area (Å²) in [4.78, 5) is 4.56. The van der Waals surface area contributed by atoms with Crippen molar-refractivity contribution in [3.05, 3.63) is 71.0 Å². The Morgan fingerprint density at radius 1 is 0.806 bits per heavy atom. The first kappa shape index (κ1) is 29.8. The van der Waals surface area contributed by atoms with E-state index in [1.54, 1.807) is 0 Å². The number of halogens is 4. The van der Waals surface area contributed by atoms with Gasteiger partial charge in [-0.3, -0.25) is 0 Å². The first-order chi connectivity index (χ1) is 17.0. The molecule has 0 aliphatic heterocycles. The smallest absolute Gasteiger partial charge is 0.334 e. The lowest BCUT2D eigenvalue weighted by molar-refractivity contribution is -0.137. The zero-order valence-corrected chi connectivity index (χ0v) is 21.8. The van der Waals surface area contributed by atoms with Crippen molar-refractivity contribution in [2.45, 2.75) is 90.4 Å². The van der Waals surface area contributed by atoms with Crippen LogP contribution < -0.4 is 5.32 Å². The van der Waals surface area contributed by atoms with Crippen LogP contribution >= 0.6 is 12.4 Å². The Hall–Kier alpha value is -2.38. The van der Waals surface area contributed by atoms with Gasteiger partial charge >= 0.3 is 6.18 Å². The average molecular weight is 524 g/mol. The van der Waals surface area contributed by atoms with Crippen molar-refractivity contribution < 1.29 is 17.7 Å². The highest BCUT2D eigenvalue weighted by atomic mass is 35.5. The van der Waals surface area contributed by atoms with Gasteiger partial charge in [-0.2, -0.15) is 18.2 Å². The molecule has 4 nitrogen and oxygen atoms in total. The first-order valence-electron chi connectivity index (χ1n) is 12.7. The Balaban J connectivity index is 0.00000456.